The van der Waals surface area contributed by atoms with Gasteiger partial charge < -0.3 is 35.2 Å². The van der Waals surface area contributed by atoms with E-state index in [0.29, 0.717) is 66.6 Å². The minimum absolute atomic E-state index is 0. The van der Waals surface area contributed by atoms with Crippen molar-refractivity contribution < 1.29 is 34.1 Å². The van der Waals surface area contributed by atoms with Crippen molar-refractivity contribution >= 4 is 53.4 Å². The number of halogens is 1. The number of alkyl carbamates (subject to hydrolysis) is 1. The molecule has 15 heteroatoms. The summed E-state index contributed by atoms with van der Waals surface area (Å²) in [5, 5.41) is 5.78. The molecule has 4 rings (SSSR count). The quantitative estimate of drug-likeness (QED) is 0.220. The van der Waals surface area contributed by atoms with Crippen molar-refractivity contribution in [2.75, 3.05) is 57.6 Å². The summed E-state index contributed by atoms with van der Waals surface area (Å²) in [6.07, 6.45) is -1.33. The van der Waals surface area contributed by atoms with Gasteiger partial charge in [-0.05, 0) is 11.6 Å². The SMILES string of the molecule is COc1cc2nc(N3CCN(C(=O)CNC(C=O)NC(=O)OCc4ccccc4)CC3)nc(N)c2cc1OC.Cl.O. The lowest BCUT2D eigenvalue weighted by Crippen LogP contribution is -2.54. The number of nitrogens with one attached hydrogen (secondary N) is 2. The molecule has 1 aliphatic rings. The average Bonchev–Trinajstić information content (AvgIpc) is 2.97. The van der Waals surface area contributed by atoms with E-state index in [0.717, 1.165) is 5.56 Å². The first-order chi connectivity index (χ1) is 18.9. The molecule has 0 bridgehead atoms. The Morgan fingerprint density at radius 3 is 2.34 bits per heavy atom. The van der Waals surface area contributed by atoms with Crippen LogP contribution < -0.4 is 30.7 Å². The number of amides is 2. The number of nitrogens with zero attached hydrogens (tertiary/aromatic N) is 4. The minimum Gasteiger partial charge on any atom is -0.493 e. The maximum Gasteiger partial charge on any atom is 0.409 e. The fourth-order valence-electron chi connectivity index (χ4n) is 4.10. The molecule has 0 spiro atoms. The molecule has 222 valence electrons. The highest BCUT2D eigenvalue weighted by atomic mass is 35.5. The maximum absolute atomic E-state index is 12.7. The zero-order valence-electron chi connectivity index (χ0n) is 22.7. The van der Waals surface area contributed by atoms with Gasteiger partial charge in [0, 0.05) is 37.6 Å². The van der Waals surface area contributed by atoms with E-state index in [1.54, 1.807) is 31.3 Å². The zero-order valence-corrected chi connectivity index (χ0v) is 23.5. The Kier molecular flexibility index (Phi) is 12.3. The van der Waals surface area contributed by atoms with E-state index in [9.17, 15) is 14.4 Å². The standard InChI is InChI=1S/C26H31N7O6.ClH.H2O/c1-37-20-12-18-19(13-21(20)38-2)29-25(31-24(18)27)33-10-8-32(9-11-33)23(35)14-28-22(15-34)30-26(36)39-16-17-6-4-3-5-7-17;;/h3-7,12-13,15,22,28H,8-11,14,16H2,1-2H3,(H,30,36)(H2,27,29,31);1H;1H2. The molecule has 3 aromatic rings. The van der Waals surface area contributed by atoms with Crippen LogP contribution in [-0.4, -0.2) is 91.7 Å². The molecule has 1 aliphatic heterocycles. The van der Waals surface area contributed by atoms with Crippen molar-refractivity contribution in [1.29, 1.82) is 0 Å². The topological polar surface area (TPSA) is 193 Å². The lowest BCUT2D eigenvalue weighted by Gasteiger charge is -2.35. The number of benzene rings is 2. The van der Waals surface area contributed by atoms with Crippen molar-refractivity contribution in [2.45, 2.75) is 12.8 Å². The monoisotopic (exact) mass is 591 g/mol. The summed E-state index contributed by atoms with van der Waals surface area (Å²) >= 11 is 0. The first-order valence-electron chi connectivity index (χ1n) is 12.3. The molecule has 14 nitrogen and oxygen atoms in total. The Bertz CT molecular complexity index is 1320. The second-order valence-corrected chi connectivity index (χ2v) is 8.70. The summed E-state index contributed by atoms with van der Waals surface area (Å²) in [7, 11) is 3.09. The van der Waals surface area contributed by atoms with Crippen LogP contribution in [0, 0.1) is 0 Å². The molecule has 1 aromatic heterocycles. The number of methoxy groups -OCH3 is 2. The van der Waals surface area contributed by atoms with Crippen LogP contribution in [0.4, 0.5) is 16.6 Å². The third kappa shape index (κ3) is 8.30. The normalized spacial score (nSPS) is 13.3. The summed E-state index contributed by atoms with van der Waals surface area (Å²) in [4.78, 5) is 48.8. The Morgan fingerprint density at radius 1 is 1.05 bits per heavy atom. The van der Waals surface area contributed by atoms with Crippen LogP contribution in [-0.2, 0) is 20.9 Å². The number of nitrogen functional groups attached to an aromatic ring is 1. The van der Waals surface area contributed by atoms with Gasteiger partial charge in [-0.15, -0.1) is 12.4 Å². The van der Waals surface area contributed by atoms with Gasteiger partial charge in [-0.1, -0.05) is 30.3 Å². The fourth-order valence-corrected chi connectivity index (χ4v) is 4.10. The molecule has 41 heavy (non-hydrogen) atoms. The number of piperazine rings is 1. The van der Waals surface area contributed by atoms with Crippen LogP contribution in [0.3, 0.4) is 0 Å². The molecule has 2 heterocycles. The number of fused-ring (bicyclic) bond motifs is 1. The number of carbonyl (C=O) groups excluding carboxylic acids is 3. The van der Waals surface area contributed by atoms with E-state index >= 15 is 0 Å². The summed E-state index contributed by atoms with van der Waals surface area (Å²) in [6.45, 7) is 1.76. The Labute approximate surface area is 242 Å². The third-order valence-electron chi connectivity index (χ3n) is 6.23. The van der Waals surface area contributed by atoms with Crippen molar-refractivity contribution in [2.24, 2.45) is 0 Å². The Balaban J connectivity index is 0.00000294. The number of aldehydes is 1. The molecular formula is C26H34ClN7O7. The molecule has 1 fully saturated rings. The molecule has 2 amide bonds. The van der Waals surface area contributed by atoms with Gasteiger partial charge in [0.05, 0.1) is 26.3 Å². The van der Waals surface area contributed by atoms with Gasteiger partial charge in [0.2, 0.25) is 11.9 Å². The molecule has 1 saturated heterocycles. The van der Waals surface area contributed by atoms with E-state index in [-0.39, 0.29) is 36.9 Å². The van der Waals surface area contributed by atoms with Crippen molar-refractivity contribution in [3.8, 4) is 11.5 Å². The van der Waals surface area contributed by atoms with Crippen molar-refractivity contribution in [3.63, 3.8) is 0 Å². The number of aromatic nitrogens is 2. The molecule has 6 N–H and O–H groups in total. The Hall–Kier alpha value is -4.40. The van der Waals surface area contributed by atoms with Gasteiger partial charge >= 0.3 is 6.09 Å². The largest absolute Gasteiger partial charge is 0.493 e. The van der Waals surface area contributed by atoms with Crippen LogP contribution >= 0.6 is 12.4 Å². The lowest BCUT2D eigenvalue weighted by atomic mass is 10.2. The summed E-state index contributed by atoms with van der Waals surface area (Å²) in [5.41, 5.74) is 7.64. The lowest BCUT2D eigenvalue weighted by molar-refractivity contribution is -0.130. The fraction of sp³-hybridized carbons (Fsp3) is 0.346. The van der Waals surface area contributed by atoms with Crippen LogP contribution in [0.1, 0.15) is 5.56 Å². The molecule has 1 unspecified atom stereocenters. The summed E-state index contributed by atoms with van der Waals surface area (Å²) < 4.78 is 15.8. The third-order valence-corrected chi connectivity index (χ3v) is 6.23. The molecule has 2 aromatic carbocycles. The average molecular weight is 592 g/mol. The van der Waals surface area contributed by atoms with Gasteiger partial charge in [0.25, 0.3) is 0 Å². The van der Waals surface area contributed by atoms with E-state index in [1.165, 1.54) is 0 Å². The highest BCUT2D eigenvalue weighted by molar-refractivity contribution is 5.91. The zero-order chi connectivity index (χ0) is 27.8. The Morgan fingerprint density at radius 2 is 1.71 bits per heavy atom. The number of hydrogen-bond acceptors (Lipinski definition) is 11. The number of ether oxygens (including phenoxy) is 3. The van der Waals surface area contributed by atoms with Gasteiger partial charge in [-0.3, -0.25) is 20.2 Å². The second-order valence-electron chi connectivity index (χ2n) is 8.70. The molecular weight excluding hydrogens is 558 g/mol. The van der Waals surface area contributed by atoms with Gasteiger partial charge in [-0.2, -0.15) is 4.98 Å². The van der Waals surface area contributed by atoms with Crippen LogP contribution in [0.25, 0.3) is 10.9 Å². The van der Waals surface area contributed by atoms with Crippen molar-refractivity contribution in [3.05, 3.63) is 48.0 Å². The van der Waals surface area contributed by atoms with E-state index in [1.807, 2.05) is 35.2 Å². The van der Waals surface area contributed by atoms with Crippen molar-refractivity contribution in [1.82, 2.24) is 25.5 Å². The summed E-state index contributed by atoms with van der Waals surface area (Å²) in [6, 6.07) is 12.6. The predicted molar refractivity (Wildman–Crippen MR) is 154 cm³/mol. The number of nitrogens with two attached hydrogens (primary N) is 1. The first-order valence-corrected chi connectivity index (χ1v) is 12.3. The molecule has 0 radical (unpaired) electrons. The predicted octanol–water partition coefficient (Wildman–Crippen LogP) is 0.516. The van der Waals surface area contributed by atoms with Crippen LogP contribution in [0.15, 0.2) is 42.5 Å². The van der Waals surface area contributed by atoms with E-state index in [4.69, 9.17) is 19.9 Å². The highest BCUT2D eigenvalue weighted by Gasteiger charge is 2.24. The minimum atomic E-state index is -1.07. The second kappa shape index (κ2) is 15.4. The van der Waals surface area contributed by atoms with E-state index < -0.39 is 12.3 Å². The molecule has 1 atom stereocenters. The number of anilines is 2. The molecule has 0 saturated carbocycles. The number of hydrogen-bond donors (Lipinski definition) is 3. The van der Waals surface area contributed by atoms with E-state index in [2.05, 4.69) is 20.6 Å². The smallest absolute Gasteiger partial charge is 0.409 e. The molecule has 0 aliphatic carbocycles. The van der Waals surface area contributed by atoms with Gasteiger partial charge in [0.1, 0.15) is 18.6 Å². The van der Waals surface area contributed by atoms with Gasteiger partial charge in [-0.25, -0.2) is 9.78 Å². The number of carbonyl (C=O) groups is 3. The van der Waals surface area contributed by atoms with Gasteiger partial charge in [0.15, 0.2) is 17.8 Å². The summed E-state index contributed by atoms with van der Waals surface area (Å²) in [5.74, 6) is 1.62. The van der Waals surface area contributed by atoms with Crippen LogP contribution in [0.2, 0.25) is 0 Å². The maximum atomic E-state index is 12.7. The first kappa shape index (κ1) is 32.8. The van der Waals surface area contributed by atoms with Crippen LogP contribution in [0.5, 0.6) is 11.5 Å². The highest BCUT2D eigenvalue weighted by Crippen LogP contribution is 2.34. The number of rotatable bonds is 10.